The van der Waals surface area contributed by atoms with Crippen LogP contribution >= 0.6 is 0 Å². The summed E-state index contributed by atoms with van der Waals surface area (Å²) < 4.78 is 0. The Hall–Kier alpha value is -0.890. The molecule has 0 fully saturated rings. The molecule has 12 heavy (non-hydrogen) atoms. The molecule has 1 unspecified atom stereocenters. The summed E-state index contributed by atoms with van der Waals surface area (Å²) in [5.74, 6) is 0.500. The van der Waals surface area contributed by atoms with Crippen LogP contribution in [0.1, 0.15) is 32.0 Å². The lowest BCUT2D eigenvalue weighted by Gasteiger charge is -2.16. The molecular weight excluding hydrogens is 148 g/mol. The van der Waals surface area contributed by atoms with Gasteiger partial charge in [0, 0.05) is 12.2 Å². The van der Waals surface area contributed by atoms with Gasteiger partial charge in [-0.05, 0) is 18.1 Å². The van der Waals surface area contributed by atoms with E-state index in [1.165, 1.54) is 0 Å². The first-order valence-corrected chi connectivity index (χ1v) is 4.42. The van der Waals surface area contributed by atoms with Gasteiger partial charge >= 0.3 is 0 Å². The van der Waals surface area contributed by atoms with E-state index in [2.05, 4.69) is 18.8 Å². The zero-order valence-electron chi connectivity index (χ0n) is 7.70. The molecule has 2 nitrogen and oxygen atoms in total. The lowest BCUT2D eigenvalue weighted by Crippen LogP contribution is -2.19. The van der Waals surface area contributed by atoms with Crippen LogP contribution in [0.15, 0.2) is 24.4 Å². The maximum atomic E-state index is 5.99. The summed E-state index contributed by atoms with van der Waals surface area (Å²) in [5.41, 5.74) is 6.98. The van der Waals surface area contributed by atoms with Crippen LogP contribution in [0.5, 0.6) is 0 Å². The van der Waals surface area contributed by atoms with E-state index in [4.69, 9.17) is 5.73 Å². The fourth-order valence-electron chi connectivity index (χ4n) is 1.12. The smallest absolute Gasteiger partial charge is 0.0573 e. The molecule has 1 rings (SSSR count). The Labute approximate surface area is 73.8 Å². The molecule has 0 amide bonds. The third kappa shape index (κ3) is 2.05. The van der Waals surface area contributed by atoms with Crippen LogP contribution in [0, 0.1) is 5.92 Å². The van der Waals surface area contributed by atoms with Crippen molar-refractivity contribution in [3.63, 3.8) is 0 Å². The van der Waals surface area contributed by atoms with Gasteiger partial charge in [0.05, 0.1) is 5.69 Å². The summed E-state index contributed by atoms with van der Waals surface area (Å²) in [6, 6.07) is 5.95. The van der Waals surface area contributed by atoms with Gasteiger partial charge in [-0.3, -0.25) is 4.98 Å². The van der Waals surface area contributed by atoms with Crippen molar-refractivity contribution in [2.24, 2.45) is 11.7 Å². The molecule has 0 aliphatic rings. The molecule has 0 radical (unpaired) electrons. The molecule has 0 aromatic carbocycles. The highest BCUT2D eigenvalue weighted by Crippen LogP contribution is 2.18. The highest BCUT2D eigenvalue weighted by molar-refractivity contribution is 5.08. The third-order valence-electron chi connectivity index (χ3n) is 2.29. The largest absolute Gasteiger partial charge is 0.322 e. The van der Waals surface area contributed by atoms with Gasteiger partial charge in [-0.25, -0.2) is 0 Å². The minimum atomic E-state index is 0.0798. The summed E-state index contributed by atoms with van der Waals surface area (Å²) >= 11 is 0. The van der Waals surface area contributed by atoms with E-state index in [9.17, 15) is 0 Å². The molecule has 0 bridgehead atoms. The number of nitrogens with two attached hydrogens (primary N) is 1. The maximum Gasteiger partial charge on any atom is 0.0573 e. The zero-order chi connectivity index (χ0) is 8.97. The molecule has 0 saturated carbocycles. The number of hydrogen-bond acceptors (Lipinski definition) is 2. The van der Waals surface area contributed by atoms with Crippen LogP contribution in [0.25, 0.3) is 0 Å². The van der Waals surface area contributed by atoms with Gasteiger partial charge in [-0.15, -0.1) is 0 Å². The van der Waals surface area contributed by atoms with Crippen LogP contribution in [0.4, 0.5) is 0 Å². The lowest BCUT2D eigenvalue weighted by atomic mass is 9.97. The molecule has 1 aromatic heterocycles. The number of pyridine rings is 1. The standard InChI is InChI=1S/C10H16N2/c1-3-8(2)10(11)9-6-4-5-7-12-9/h4-8,10H,3,11H2,1-2H3/t8?,10-/m0/s1. The van der Waals surface area contributed by atoms with Gasteiger partial charge in [-0.2, -0.15) is 0 Å². The second kappa shape index (κ2) is 4.21. The van der Waals surface area contributed by atoms with E-state index in [0.717, 1.165) is 12.1 Å². The topological polar surface area (TPSA) is 38.9 Å². The van der Waals surface area contributed by atoms with Crippen molar-refractivity contribution in [2.45, 2.75) is 26.3 Å². The van der Waals surface area contributed by atoms with Gasteiger partial charge in [0.2, 0.25) is 0 Å². The van der Waals surface area contributed by atoms with Crippen molar-refractivity contribution < 1.29 is 0 Å². The number of hydrogen-bond donors (Lipinski definition) is 1. The quantitative estimate of drug-likeness (QED) is 0.743. The first-order valence-electron chi connectivity index (χ1n) is 4.42. The molecule has 0 saturated heterocycles. The summed E-state index contributed by atoms with van der Waals surface area (Å²) in [6.07, 6.45) is 2.88. The van der Waals surface area contributed by atoms with Crippen molar-refractivity contribution in [2.75, 3.05) is 0 Å². The van der Waals surface area contributed by atoms with Crippen LogP contribution in [-0.4, -0.2) is 4.98 Å². The summed E-state index contributed by atoms with van der Waals surface area (Å²) in [6.45, 7) is 4.30. The molecule has 2 atom stereocenters. The zero-order valence-corrected chi connectivity index (χ0v) is 7.70. The normalized spacial score (nSPS) is 15.6. The van der Waals surface area contributed by atoms with Gasteiger partial charge in [0.1, 0.15) is 0 Å². The Morgan fingerprint density at radius 3 is 2.75 bits per heavy atom. The molecule has 66 valence electrons. The highest BCUT2D eigenvalue weighted by atomic mass is 14.8. The van der Waals surface area contributed by atoms with E-state index >= 15 is 0 Å². The summed E-state index contributed by atoms with van der Waals surface area (Å²) in [4.78, 5) is 4.22. The second-order valence-corrected chi connectivity index (χ2v) is 3.17. The van der Waals surface area contributed by atoms with E-state index < -0.39 is 0 Å². The van der Waals surface area contributed by atoms with Crippen molar-refractivity contribution in [1.82, 2.24) is 4.98 Å². The van der Waals surface area contributed by atoms with Crippen molar-refractivity contribution in [3.05, 3.63) is 30.1 Å². The Kier molecular flexibility index (Phi) is 3.23. The Morgan fingerprint density at radius 2 is 2.25 bits per heavy atom. The van der Waals surface area contributed by atoms with Crippen molar-refractivity contribution in [3.8, 4) is 0 Å². The van der Waals surface area contributed by atoms with Gasteiger partial charge in [0.25, 0.3) is 0 Å². The predicted molar refractivity (Wildman–Crippen MR) is 50.6 cm³/mol. The highest BCUT2D eigenvalue weighted by Gasteiger charge is 2.12. The molecule has 0 aliphatic carbocycles. The Balaban J connectivity index is 2.71. The fraction of sp³-hybridized carbons (Fsp3) is 0.500. The fourth-order valence-corrected chi connectivity index (χ4v) is 1.12. The molecule has 0 spiro atoms. The van der Waals surface area contributed by atoms with Crippen LogP contribution in [0.3, 0.4) is 0 Å². The summed E-state index contributed by atoms with van der Waals surface area (Å²) in [7, 11) is 0. The molecule has 2 heteroatoms. The maximum absolute atomic E-state index is 5.99. The van der Waals surface area contributed by atoms with Crippen LogP contribution in [-0.2, 0) is 0 Å². The predicted octanol–water partition coefficient (Wildman–Crippen LogP) is 2.13. The molecule has 2 N–H and O–H groups in total. The molecule has 1 aromatic rings. The van der Waals surface area contributed by atoms with Gasteiger partial charge in [0.15, 0.2) is 0 Å². The summed E-state index contributed by atoms with van der Waals surface area (Å²) in [5, 5.41) is 0. The van der Waals surface area contributed by atoms with Crippen molar-refractivity contribution >= 4 is 0 Å². The van der Waals surface area contributed by atoms with Crippen LogP contribution < -0.4 is 5.73 Å². The molecule has 0 aliphatic heterocycles. The SMILES string of the molecule is CCC(C)[C@H](N)c1ccccn1. The minimum Gasteiger partial charge on any atom is -0.322 e. The number of nitrogens with zero attached hydrogens (tertiary/aromatic N) is 1. The van der Waals surface area contributed by atoms with Gasteiger partial charge < -0.3 is 5.73 Å². The average Bonchev–Trinajstić information content (AvgIpc) is 2.17. The Morgan fingerprint density at radius 1 is 1.50 bits per heavy atom. The van der Waals surface area contributed by atoms with Crippen molar-refractivity contribution in [1.29, 1.82) is 0 Å². The number of aromatic nitrogens is 1. The minimum absolute atomic E-state index is 0.0798. The molecular formula is C10H16N2. The second-order valence-electron chi connectivity index (χ2n) is 3.17. The van der Waals surface area contributed by atoms with Gasteiger partial charge in [-0.1, -0.05) is 26.3 Å². The lowest BCUT2D eigenvalue weighted by molar-refractivity contribution is 0.448. The first kappa shape index (κ1) is 9.20. The number of rotatable bonds is 3. The first-order chi connectivity index (χ1) is 5.75. The average molecular weight is 164 g/mol. The van der Waals surface area contributed by atoms with E-state index in [1.807, 2.05) is 18.2 Å². The van der Waals surface area contributed by atoms with E-state index in [-0.39, 0.29) is 6.04 Å². The Bertz CT molecular complexity index is 221. The van der Waals surface area contributed by atoms with E-state index in [0.29, 0.717) is 5.92 Å². The molecule has 1 heterocycles. The third-order valence-corrected chi connectivity index (χ3v) is 2.29. The van der Waals surface area contributed by atoms with Crippen LogP contribution in [0.2, 0.25) is 0 Å². The monoisotopic (exact) mass is 164 g/mol. The van der Waals surface area contributed by atoms with E-state index in [1.54, 1.807) is 6.20 Å².